The lowest BCUT2D eigenvalue weighted by Crippen LogP contribution is -2.58. The van der Waals surface area contributed by atoms with Crippen molar-refractivity contribution in [3.8, 4) is 0 Å². The second-order valence-electron chi connectivity index (χ2n) is 10.2. The molecule has 1 aliphatic carbocycles. The fraction of sp³-hybridized carbons (Fsp3) is 0.720. The van der Waals surface area contributed by atoms with E-state index in [9.17, 15) is 23.1 Å². The van der Waals surface area contributed by atoms with Crippen LogP contribution >= 0.6 is 0 Å². The summed E-state index contributed by atoms with van der Waals surface area (Å²) in [5.74, 6) is -0.400. The number of carbonyl (C=O) groups excluding carboxylic acids is 1. The summed E-state index contributed by atoms with van der Waals surface area (Å²) in [6.45, 7) is 1.44. The average Bonchev–Trinajstić information content (AvgIpc) is 2.83. The largest absolute Gasteiger partial charge is 0.480 e. The van der Waals surface area contributed by atoms with E-state index in [0.29, 0.717) is 5.92 Å². The first-order valence-electron chi connectivity index (χ1n) is 12.8. The second kappa shape index (κ2) is 11.4. The SMILES string of the molecule is CS(=O)(=O)C1(C(=O)N[C@@H](CCO[C@H]2C[C@H](CCc3ccc4c(n3)NCCC4)C2)C(=O)O)CCOCC1. The maximum absolute atomic E-state index is 12.9. The molecule has 3 aliphatic rings. The van der Waals surface area contributed by atoms with Crippen molar-refractivity contribution in [2.24, 2.45) is 5.92 Å². The molecule has 200 valence electrons. The van der Waals surface area contributed by atoms with Crippen molar-refractivity contribution in [3.05, 3.63) is 23.4 Å². The molecule has 0 aromatic carbocycles. The number of sulfone groups is 1. The minimum absolute atomic E-state index is 0.0153. The number of pyridine rings is 1. The van der Waals surface area contributed by atoms with Crippen LogP contribution in [0, 0.1) is 5.92 Å². The highest BCUT2D eigenvalue weighted by molar-refractivity contribution is 7.92. The molecule has 11 heteroatoms. The third kappa shape index (κ3) is 6.18. The highest BCUT2D eigenvalue weighted by Gasteiger charge is 2.50. The van der Waals surface area contributed by atoms with Crippen LogP contribution in [0.25, 0.3) is 0 Å². The quantitative estimate of drug-likeness (QED) is 0.395. The smallest absolute Gasteiger partial charge is 0.326 e. The Kier molecular flexibility index (Phi) is 8.52. The molecule has 4 rings (SSSR count). The van der Waals surface area contributed by atoms with E-state index in [0.717, 1.165) is 62.8 Å². The van der Waals surface area contributed by atoms with Crippen LogP contribution in [-0.2, 0) is 41.7 Å². The van der Waals surface area contributed by atoms with Crippen molar-refractivity contribution in [2.45, 2.75) is 74.7 Å². The normalized spacial score (nSPS) is 24.0. The van der Waals surface area contributed by atoms with E-state index in [2.05, 4.69) is 22.8 Å². The Bertz CT molecular complexity index is 1050. The van der Waals surface area contributed by atoms with E-state index < -0.39 is 32.5 Å². The lowest BCUT2D eigenvalue weighted by molar-refractivity contribution is -0.143. The Balaban J connectivity index is 1.18. The number of rotatable bonds is 11. The van der Waals surface area contributed by atoms with Crippen LogP contribution in [0.2, 0.25) is 0 Å². The van der Waals surface area contributed by atoms with Gasteiger partial charge in [-0.25, -0.2) is 18.2 Å². The molecule has 0 unspecified atom stereocenters. The molecule has 0 radical (unpaired) electrons. The minimum Gasteiger partial charge on any atom is -0.480 e. The van der Waals surface area contributed by atoms with Crippen molar-refractivity contribution >= 4 is 27.5 Å². The maximum atomic E-state index is 12.9. The molecule has 0 bridgehead atoms. The summed E-state index contributed by atoms with van der Waals surface area (Å²) in [6, 6.07) is 3.08. The molecular weight excluding hydrogens is 486 g/mol. The van der Waals surface area contributed by atoms with E-state index in [1.165, 1.54) is 5.56 Å². The molecule has 2 fully saturated rings. The van der Waals surface area contributed by atoms with Crippen molar-refractivity contribution in [3.63, 3.8) is 0 Å². The number of anilines is 1. The fourth-order valence-electron chi connectivity index (χ4n) is 5.27. The summed E-state index contributed by atoms with van der Waals surface area (Å²) in [7, 11) is -3.75. The van der Waals surface area contributed by atoms with Crippen molar-refractivity contribution < 1.29 is 32.6 Å². The first kappa shape index (κ1) is 26.8. The highest BCUT2D eigenvalue weighted by Crippen LogP contribution is 2.34. The number of nitrogens with one attached hydrogen (secondary N) is 2. The average molecular weight is 524 g/mol. The number of fused-ring (bicyclic) bond motifs is 1. The second-order valence-corrected chi connectivity index (χ2v) is 12.6. The topological polar surface area (TPSA) is 144 Å². The van der Waals surface area contributed by atoms with Gasteiger partial charge < -0.3 is 25.2 Å². The Morgan fingerprint density at radius 1 is 1.31 bits per heavy atom. The predicted molar refractivity (Wildman–Crippen MR) is 134 cm³/mol. The number of hydrogen-bond donors (Lipinski definition) is 3. The van der Waals surface area contributed by atoms with Gasteiger partial charge in [-0.3, -0.25) is 4.79 Å². The molecular formula is C25H37N3O7S. The number of carbonyl (C=O) groups is 2. The maximum Gasteiger partial charge on any atom is 0.326 e. The summed E-state index contributed by atoms with van der Waals surface area (Å²) >= 11 is 0. The van der Waals surface area contributed by atoms with Gasteiger partial charge in [-0.2, -0.15) is 0 Å². The van der Waals surface area contributed by atoms with Gasteiger partial charge in [-0.1, -0.05) is 6.07 Å². The zero-order valence-electron chi connectivity index (χ0n) is 20.8. The van der Waals surface area contributed by atoms with E-state index in [-0.39, 0.29) is 45.2 Å². The van der Waals surface area contributed by atoms with Gasteiger partial charge in [0, 0.05) is 44.7 Å². The van der Waals surface area contributed by atoms with Crippen molar-refractivity contribution in [1.82, 2.24) is 10.3 Å². The van der Waals surface area contributed by atoms with E-state index >= 15 is 0 Å². The molecule has 1 saturated carbocycles. The molecule has 1 atom stereocenters. The van der Waals surface area contributed by atoms with E-state index in [4.69, 9.17) is 14.5 Å². The molecule has 3 heterocycles. The van der Waals surface area contributed by atoms with Crippen LogP contribution in [0.3, 0.4) is 0 Å². The molecule has 1 aromatic rings. The van der Waals surface area contributed by atoms with Crippen LogP contribution in [0.5, 0.6) is 0 Å². The zero-order valence-corrected chi connectivity index (χ0v) is 21.6. The lowest BCUT2D eigenvalue weighted by Gasteiger charge is -2.36. The Morgan fingerprint density at radius 2 is 2.06 bits per heavy atom. The molecule has 0 spiro atoms. The molecule has 1 saturated heterocycles. The van der Waals surface area contributed by atoms with Crippen LogP contribution in [0.1, 0.15) is 56.2 Å². The zero-order chi connectivity index (χ0) is 25.8. The number of carboxylic acid groups (broad SMARTS) is 1. The molecule has 1 aromatic heterocycles. The first-order chi connectivity index (χ1) is 17.2. The first-order valence-corrected chi connectivity index (χ1v) is 14.7. The third-order valence-electron chi connectivity index (χ3n) is 7.74. The van der Waals surface area contributed by atoms with Crippen molar-refractivity contribution in [2.75, 3.05) is 37.9 Å². The molecule has 36 heavy (non-hydrogen) atoms. The number of ether oxygens (including phenoxy) is 2. The Labute approximate surface area is 212 Å². The number of aryl methyl sites for hydroxylation is 2. The van der Waals surface area contributed by atoms with Gasteiger partial charge in [-0.15, -0.1) is 0 Å². The monoisotopic (exact) mass is 523 g/mol. The number of nitrogens with zero attached hydrogens (tertiary/aromatic N) is 1. The molecule has 1 amide bonds. The van der Waals surface area contributed by atoms with Gasteiger partial charge >= 0.3 is 5.97 Å². The van der Waals surface area contributed by atoms with E-state index in [1.54, 1.807) is 0 Å². The predicted octanol–water partition coefficient (Wildman–Crippen LogP) is 1.72. The van der Waals surface area contributed by atoms with Crippen LogP contribution in [0.4, 0.5) is 5.82 Å². The summed E-state index contributed by atoms with van der Waals surface area (Å²) in [6.07, 6.45) is 7.23. The Morgan fingerprint density at radius 3 is 2.75 bits per heavy atom. The molecule has 10 nitrogen and oxygen atoms in total. The number of carboxylic acids is 1. The number of aromatic nitrogens is 1. The number of amides is 1. The van der Waals surface area contributed by atoms with Gasteiger partial charge in [0.05, 0.1) is 6.10 Å². The number of aliphatic carboxylic acids is 1. The van der Waals surface area contributed by atoms with E-state index in [1.807, 2.05) is 0 Å². The van der Waals surface area contributed by atoms with Gasteiger partial charge in [0.2, 0.25) is 5.91 Å². The van der Waals surface area contributed by atoms with Crippen LogP contribution < -0.4 is 10.6 Å². The summed E-state index contributed by atoms with van der Waals surface area (Å²) in [4.78, 5) is 29.4. The third-order valence-corrected chi connectivity index (χ3v) is 9.75. The van der Waals surface area contributed by atoms with Gasteiger partial charge in [-0.05, 0) is 68.9 Å². The van der Waals surface area contributed by atoms with Crippen LogP contribution in [-0.4, -0.2) is 79.9 Å². The molecule has 2 aliphatic heterocycles. The molecule has 3 N–H and O–H groups in total. The highest BCUT2D eigenvalue weighted by atomic mass is 32.2. The lowest BCUT2D eigenvalue weighted by atomic mass is 9.79. The minimum atomic E-state index is -3.75. The summed E-state index contributed by atoms with van der Waals surface area (Å²) < 4.78 is 34.2. The van der Waals surface area contributed by atoms with Gasteiger partial charge in [0.1, 0.15) is 11.9 Å². The fourth-order valence-corrected chi connectivity index (χ4v) is 6.58. The standard InChI is InChI=1S/C25H37N3O7S/c1-36(32,33)25(9-13-34-14-10-25)24(31)28-21(23(29)30)8-12-35-20-15-17(16-20)4-6-19-7-5-18-3-2-11-26-22(18)27-19/h5,7,17,20-21H,2-4,6,8-16H2,1H3,(H,26,27)(H,28,31)(H,29,30)/t17-,20-,21-/m0/s1. The van der Waals surface area contributed by atoms with Gasteiger partial charge in [0.25, 0.3) is 0 Å². The summed E-state index contributed by atoms with van der Waals surface area (Å²) in [5.41, 5.74) is 2.39. The van der Waals surface area contributed by atoms with Crippen LogP contribution in [0.15, 0.2) is 12.1 Å². The van der Waals surface area contributed by atoms with Gasteiger partial charge in [0.15, 0.2) is 14.6 Å². The van der Waals surface area contributed by atoms with Crippen molar-refractivity contribution in [1.29, 1.82) is 0 Å². The summed E-state index contributed by atoms with van der Waals surface area (Å²) in [5, 5.41) is 15.4. The Hall–Kier alpha value is -2.24. The number of hydrogen-bond acceptors (Lipinski definition) is 8.